The summed E-state index contributed by atoms with van der Waals surface area (Å²) < 4.78 is 0. The van der Waals surface area contributed by atoms with Crippen LogP contribution in [-0.2, 0) is 4.79 Å². The minimum Gasteiger partial charge on any atom is -0.480 e. The Balaban J connectivity index is 1.32. The first-order valence-corrected chi connectivity index (χ1v) is 9.15. The molecule has 6 heteroatoms. The maximum Gasteiger partial charge on any atom is 0.317 e. The zero-order valence-corrected chi connectivity index (χ0v) is 14.2. The molecule has 1 aromatic rings. The van der Waals surface area contributed by atoms with Gasteiger partial charge in [0.25, 0.3) is 0 Å². The van der Waals surface area contributed by atoms with E-state index in [1.54, 1.807) is 0 Å². The highest BCUT2D eigenvalue weighted by Gasteiger charge is 2.37. The van der Waals surface area contributed by atoms with Gasteiger partial charge in [-0.1, -0.05) is 0 Å². The molecule has 0 radical (unpaired) electrons. The van der Waals surface area contributed by atoms with E-state index >= 15 is 0 Å². The molecular weight excluding hydrogens is 304 g/mol. The third kappa shape index (κ3) is 3.86. The van der Waals surface area contributed by atoms with Crippen molar-refractivity contribution < 1.29 is 9.90 Å². The van der Waals surface area contributed by atoms with E-state index in [4.69, 9.17) is 5.11 Å². The van der Waals surface area contributed by atoms with Crippen LogP contribution in [0.2, 0.25) is 0 Å². The molecule has 6 nitrogen and oxygen atoms in total. The third-order valence-corrected chi connectivity index (χ3v) is 5.32. The van der Waals surface area contributed by atoms with E-state index in [2.05, 4.69) is 20.2 Å². The van der Waals surface area contributed by atoms with Crippen LogP contribution in [-0.4, -0.2) is 51.1 Å². The molecule has 0 unspecified atom stereocenters. The number of aryl methyl sites for hydroxylation is 1. The highest BCUT2D eigenvalue weighted by Crippen LogP contribution is 2.39. The number of carbonyl (C=O) groups is 1. The number of aliphatic carboxylic acids is 1. The Morgan fingerprint density at radius 1 is 1.29 bits per heavy atom. The number of nitrogens with one attached hydrogen (secondary N) is 1. The van der Waals surface area contributed by atoms with Crippen molar-refractivity contribution in [1.82, 2.24) is 14.9 Å². The van der Waals surface area contributed by atoms with Crippen LogP contribution in [0.4, 0.5) is 5.82 Å². The standard InChI is InChI=1S/C18H26N4O2/c1-11-6-16(21-18(19-11)13-4-5-13)20-14-7-15(8-14)22(10-17(23)24)9-12-2-3-12/h6,12-15H,2-5,7-10H2,1H3,(H,23,24)(H,19,20,21). The molecule has 0 amide bonds. The van der Waals surface area contributed by atoms with Crippen molar-refractivity contribution in [3.05, 3.63) is 17.6 Å². The first-order chi connectivity index (χ1) is 11.6. The molecule has 1 aromatic heterocycles. The molecule has 0 aromatic carbocycles. The van der Waals surface area contributed by atoms with Crippen LogP contribution in [0.1, 0.15) is 56.0 Å². The van der Waals surface area contributed by atoms with Gasteiger partial charge >= 0.3 is 5.97 Å². The molecule has 3 fully saturated rings. The minimum atomic E-state index is -0.715. The first kappa shape index (κ1) is 15.8. The zero-order chi connectivity index (χ0) is 16.7. The molecule has 1 heterocycles. The molecule has 130 valence electrons. The maximum atomic E-state index is 11.1. The SMILES string of the molecule is Cc1cc(NC2CC(N(CC(=O)O)CC3CC3)C2)nc(C2CC2)n1. The predicted octanol–water partition coefficient (Wildman–Crippen LogP) is 2.40. The number of carboxylic acid groups (broad SMARTS) is 1. The quantitative estimate of drug-likeness (QED) is 0.762. The van der Waals surface area contributed by atoms with E-state index in [1.807, 2.05) is 13.0 Å². The average molecular weight is 330 g/mol. The van der Waals surface area contributed by atoms with Crippen molar-refractivity contribution in [1.29, 1.82) is 0 Å². The first-order valence-electron chi connectivity index (χ1n) is 9.15. The molecule has 3 saturated carbocycles. The second kappa shape index (κ2) is 6.31. The van der Waals surface area contributed by atoms with Gasteiger partial charge in [-0.25, -0.2) is 9.97 Å². The summed E-state index contributed by atoms with van der Waals surface area (Å²) >= 11 is 0. The fourth-order valence-corrected chi connectivity index (χ4v) is 3.55. The van der Waals surface area contributed by atoms with Gasteiger partial charge in [-0.3, -0.25) is 9.69 Å². The lowest BCUT2D eigenvalue weighted by molar-refractivity contribution is -0.139. The fourth-order valence-electron chi connectivity index (χ4n) is 3.55. The Morgan fingerprint density at radius 3 is 2.67 bits per heavy atom. The van der Waals surface area contributed by atoms with Crippen LogP contribution in [0.3, 0.4) is 0 Å². The van der Waals surface area contributed by atoms with Crippen molar-refractivity contribution in [3.63, 3.8) is 0 Å². The van der Waals surface area contributed by atoms with E-state index in [0.29, 0.717) is 18.0 Å². The fraction of sp³-hybridized carbons (Fsp3) is 0.722. The van der Waals surface area contributed by atoms with Gasteiger partial charge in [-0.15, -0.1) is 0 Å². The molecule has 4 rings (SSSR count). The maximum absolute atomic E-state index is 11.1. The van der Waals surface area contributed by atoms with Gasteiger partial charge in [0, 0.05) is 36.3 Å². The third-order valence-electron chi connectivity index (χ3n) is 5.32. The number of carboxylic acids is 1. The number of hydrogen-bond acceptors (Lipinski definition) is 5. The monoisotopic (exact) mass is 330 g/mol. The second-order valence-corrected chi connectivity index (χ2v) is 7.76. The lowest BCUT2D eigenvalue weighted by Crippen LogP contribution is -2.52. The summed E-state index contributed by atoms with van der Waals surface area (Å²) in [4.78, 5) is 22.5. The summed E-state index contributed by atoms with van der Waals surface area (Å²) in [6, 6.07) is 2.80. The zero-order valence-electron chi connectivity index (χ0n) is 14.2. The van der Waals surface area contributed by atoms with Crippen LogP contribution >= 0.6 is 0 Å². The number of rotatable bonds is 8. The van der Waals surface area contributed by atoms with Crippen molar-refractivity contribution in [2.24, 2.45) is 5.92 Å². The predicted molar refractivity (Wildman–Crippen MR) is 91.1 cm³/mol. The summed E-state index contributed by atoms with van der Waals surface area (Å²) in [6.45, 7) is 3.14. The van der Waals surface area contributed by atoms with E-state index in [0.717, 1.165) is 42.6 Å². The summed E-state index contributed by atoms with van der Waals surface area (Å²) in [5.41, 5.74) is 1.02. The smallest absolute Gasteiger partial charge is 0.317 e. The minimum absolute atomic E-state index is 0.173. The Morgan fingerprint density at radius 2 is 2.04 bits per heavy atom. The lowest BCUT2D eigenvalue weighted by atomic mass is 9.85. The van der Waals surface area contributed by atoms with Gasteiger partial charge in [-0.2, -0.15) is 0 Å². The number of hydrogen-bond donors (Lipinski definition) is 2. The second-order valence-electron chi connectivity index (χ2n) is 7.76. The Kier molecular flexibility index (Phi) is 4.16. The van der Waals surface area contributed by atoms with Crippen LogP contribution in [0.15, 0.2) is 6.07 Å². The highest BCUT2D eigenvalue weighted by atomic mass is 16.4. The molecule has 0 aliphatic heterocycles. The Hall–Kier alpha value is -1.69. The number of anilines is 1. The van der Waals surface area contributed by atoms with Crippen molar-refractivity contribution in [3.8, 4) is 0 Å². The van der Waals surface area contributed by atoms with Gasteiger partial charge in [0.05, 0.1) is 6.54 Å². The highest BCUT2D eigenvalue weighted by molar-refractivity contribution is 5.69. The van der Waals surface area contributed by atoms with E-state index < -0.39 is 5.97 Å². The van der Waals surface area contributed by atoms with Gasteiger partial charge in [0.1, 0.15) is 11.6 Å². The number of nitrogens with zero attached hydrogens (tertiary/aromatic N) is 3. The normalized spacial score (nSPS) is 26.2. The summed E-state index contributed by atoms with van der Waals surface area (Å²) in [7, 11) is 0. The summed E-state index contributed by atoms with van der Waals surface area (Å²) in [5.74, 6) is 2.48. The topological polar surface area (TPSA) is 78.4 Å². The molecule has 0 bridgehead atoms. The van der Waals surface area contributed by atoms with Crippen molar-refractivity contribution >= 4 is 11.8 Å². The molecular formula is C18H26N4O2. The summed E-state index contributed by atoms with van der Waals surface area (Å²) in [5, 5.41) is 12.7. The van der Waals surface area contributed by atoms with Gasteiger partial charge in [-0.05, 0) is 51.4 Å². The average Bonchev–Trinajstić information content (AvgIpc) is 3.33. The van der Waals surface area contributed by atoms with Crippen molar-refractivity contribution in [2.45, 2.75) is 63.5 Å². The van der Waals surface area contributed by atoms with Crippen LogP contribution < -0.4 is 5.32 Å². The Bertz CT molecular complexity index is 621. The van der Waals surface area contributed by atoms with Gasteiger partial charge < -0.3 is 10.4 Å². The molecule has 2 N–H and O–H groups in total. The summed E-state index contributed by atoms with van der Waals surface area (Å²) in [6.07, 6.45) is 6.94. The molecule has 0 spiro atoms. The lowest BCUT2D eigenvalue weighted by Gasteiger charge is -2.43. The van der Waals surface area contributed by atoms with Crippen LogP contribution in [0, 0.1) is 12.8 Å². The largest absolute Gasteiger partial charge is 0.480 e. The van der Waals surface area contributed by atoms with Gasteiger partial charge in [0.2, 0.25) is 0 Å². The number of aromatic nitrogens is 2. The van der Waals surface area contributed by atoms with E-state index in [9.17, 15) is 4.79 Å². The molecule has 24 heavy (non-hydrogen) atoms. The molecule has 3 aliphatic carbocycles. The molecule has 0 saturated heterocycles. The van der Waals surface area contributed by atoms with E-state index in [-0.39, 0.29) is 6.54 Å². The van der Waals surface area contributed by atoms with Crippen LogP contribution in [0.25, 0.3) is 0 Å². The van der Waals surface area contributed by atoms with Crippen molar-refractivity contribution in [2.75, 3.05) is 18.4 Å². The Labute approximate surface area is 142 Å². The van der Waals surface area contributed by atoms with Gasteiger partial charge in [0.15, 0.2) is 0 Å². The van der Waals surface area contributed by atoms with E-state index in [1.165, 1.54) is 25.7 Å². The molecule has 0 atom stereocenters. The van der Waals surface area contributed by atoms with Crippen LogP contribution in [0.5, 0.6) is 0 Å². The molecule has 3 aliphatic rings.